The van der Waals surface area contributed by atoms with Crippen molar-refractivity contribution < 1.29 is 0 Å². The summed E-state index contributed by atoms with van der Waals surface area (Å²) < 4.78 is 2.22. The molecule has 116 valence electrons. The zero-order valence-corrected chi connectivity index (χ0v) is 13.4. The number of pyridine rings is 1. The zero-order chi connectivity index (χ0) is 15.4. The first kappa shape index (κ1) is 15.1. The number of benzene rings is 1. The van der Waals surface area contributed by atoms with Crippen LogP contribution in [-0.4, -0.2) is 4.57 Å². The normalized spacial score (nSPS) is 15.9. The molecule has 22 heavy (non-hydrogen) atoms. The second-order valence-electron chi connectivity index (χ2n) is 6.57. The molecule has 1 saturated carbocycles. The molecule has 1 aliphatic carbocycles. The Morgan fingerprint density at radius 2 is 1.77 bits per heavy atom. The quantitative estimate of drug-likeness (QED) is 0.823. The van der Waals surface area contributed by atoms with E-state index in [4.69, 9.17) is 0 Å². The molecular formula is C20H25NO. The number of nitrogens with zero attached hydrogens (tertiary/aromatic N) is 1. The van der Waals surface area contributed by atoms with Crippen molar-refractivity contribution in [3.63, 3.8) is 0 Å². The third-order valence-corrected chi connectivity index (χ3v) is 4.98. The Morgan fingerprint density at radius 1 is 1.05 bits per heavy atom. The fourth-order valence-electron chi connectivity index (χ4n) is 3.60. The summed E-state index contributed by atoms with van der Waals surface area (Å²) >= 11 is 0. The number of rotatable bonds is 4. The van der Waals surface area contributed by atoms with Crippen molar-refractivity contribution >= 4 is 0 Å². The maximum Gasteiger partial charge on any atom is 0.185 e. The Balaban J connectivity index is 1.83. The van der Waals surface area contributed by atoms with Crippen molar-refractivity contribution in [3.8, 4) is 0 Å². The molecule has 3 rings (SSSR count). The summed E-state index contributed by atoms with van der Waals surface area (Å²) in [4.78, 5) is 12.3. The molecule has 1 fully saturated rings. The molecule has 1 aromatic carbocycles. The number of hydrogen-bond acceptors (Lipinski definition) is 1. The Hall–Kier alpha value is -1.83. The number of aromatic nitrogens is 1. The lowest BCUT2D eigenvalue weighted by atomic mass is 9.84. The molecule has 1 heterocycles. The smallest absolute Gasteiger partial charge is 0.185 e. The third-order valence-electron chi connectivity index (χ3n) is 4.98. The minimum Gasteiger partial charge on any atom is -0.347 e. The zero-order valence-electron chi connectivity index (χ0n) is 13.4. The average Bonchev–Trinajstić information content (AvgIpc) is 2.56. The molecule has 0 radical (unpaired) electrons. The molecule has 0 bridgehead atoms. The van der Waals surface area contributed by atoms with Gasteiger partial charge < -0.3 is 4.57 Å². The van der Waals surface area contributed by atoms with E-state index in [1.807, 2.05) is 12.3 Å². The highest BCUT2D eigenvalue weighted by Gasteiger charge is 2.17. The summed E-state index contributed by atoms with van der Waals surface area (Å²) in [5.41, 5.74) is 3.66. The molecule has 1 aromatic heterocycles. The van der Waals surface area contributed by atoms with Gasteiger partial charge in [-0.25, -0.2) is 0 Å². The van der Waals surface area contributed by atoms with Crippen LogP contribution < -0.4 is 5.43 Å². The molecule has 0 N–H and O–H groups in total. The van der Waals surface area contributed by atoms with E-state index in [0.29, 0.717) is 5.92 Å². The van der Waals surface area contributed by atoms with Gasteiger partial charge in [0, 0.05) is 30.1 Å². The summed E-state index contributed by atoms with van der Waals surface area (Å²) in [5.74, 6) is 0.702. The van der Waals surface area contributed by atoms with Crippen LogP contribution in [0, 0.1) is 12.8 Å². The van der Waals surface area contributed by atoms with Gasteiger partial charge in [-0.15, -0.1) is 0 Å². The van der Waals surface area contributed by atoms with E-state index in [9.17, 15) is 4.79 Å². The Labute approximate surface area is 132 Å². The van der Waals surface area contributed by atoms with Crippen LogP contribution in [0.5, 0.6) is 0 Å². The van der Waals surface area contributed by atoms with E-state index in [-0.39, 0.29) is 5.43 Å². The Kier molecular flexibility index (Phi) is 4.77. The number of hydrogen-bond donors (Lipinski definition) is 0. The topological polar surface area (TPSA) is 22.0 Å². The molecule has 2 aromatic rings. The summed E-state index contributed by atoms with van der Waals surface area (Å²) in [6, 6.07) is 12.2. The van der Waals surface area contributed by atoms with E-state index >= 15 is 0 Å². The summed E-state index contributed by atoms with van der Waals surface area (Å²) in [6.07, 6.45) is 9.49. The minimum absolute atomic E-state index is 0.215. The van der Waals surface area contributed by atoms with Crippen molar-refractivity contribution in [2.24, 2.45) is 5.92 Å². The summed E-state index contributed by atoms with van der Waals surface area (Å²) in [6.45, 7) is 2.94. The molecule has 2 nitrogen and oxygen atoms in total. The van der Waals surface area contributed by atoms with Crippen LogP contribution in [-0.2, 0) is 13.0 Å². The SMILES string of the molecule is Cc1c(CC2CCCCC2)c(=O)ccn1Cc1ccccc1. The molecule has 0 aliphatic heterocycles. The van der Waals surface area contributed by atoms with E-state index in [1.165, 1.54) is 37.7 Å². The van der Waals surface area contributed by atoms with E-state index in [2.05, 4.69) is 35.8 Å². The maximum atomic E-state index is 12.3. The standard InChI is InChI=1S/C20H25NO/c1-16-19(14-17-8-4-2-5-9-17)20(22)12-13-21(16)15-18-10-6-3-7-11-18/h3,6-7,10-13,17H,2,4-5,8-9,14-15H2,1H3. The van der Waals surface area contributed by atoms with Crippen molar-refractivity contribution in [1.82, 2.24) is 4.57 Å². The van der Waals surface area contributed by atoms with Crippen LogP contribution in [0.15, 0.2) is 47.4 Å². The molecule has 0 amide bonds. The second kappa shape index (κ2) is 6.95. The molecule has 1 aliphatic rings. The van der Waals surface area contributed by atoms with Gasteiger partial charge in [0.15, 0.2) is 5.43 Å². The molecule has 0 spiro atoms. The van der Waals surface area contributed by atoms with Crippen molar-refractivity contribution in [2.45, 2.75) is 52.0 Å². The Morgan fingerprint density at radius 3 is 2.50 bits per heavy atom. The Bertz CT molecular complexity index is 666. The largest absolute Gasteiger partial charge is 0.347 e. The summed E-state index contributed by atoms with van der Waals surface area (Å²) in [5, 5.41) is 0. The van der Waals surface area contributed by atoms with Crippen molar-refractivity contribution in [1.29, 1.82) is 0 Å². The highest BCUT2D eigenvalue weighted by atomic mass is 16.1. The predicted molar refractivity (Wildman–Crippen MR) is 91.3 cm³/mol. The van der Waals surface area contributed by atoms with Gasteiger partial charge in [0.1, 0.15) is 0 Å². The van der Waals surface area contributed by atoms with Gasteiger partial charge in [-0.2, -0.15) is 0 Å². The third kappa shape index (κ3) is 3.49. The van der Waals surface area contributed by atoms with Crippen molar-refractivity contribution in [3.05, 3.63) is 69.6 Å². The molecule has 2 heteroatoms. The van der Waals surface area contributed by atoms with Crippen LogP contribution in [0.3, 0.4) is 0 Å². The van der Waals surface area contributed by atoms with E-state index in [0.717, 1.165) is 24.2 Å². The van der Waals surface area contributed by atoms with Crippen molar-refractivity contribution in [2.75, 3.05) is 0 Å². The van der Waals surface area contributed by atoms with Crippen LogP contribution in [0.2, 0.25) is 0 Å². The lowest BCUT2D eigenvalue weighted by Crippen LogP contribution is -2.21. The van der Waals surface area contributed by atoms with Gasteiger partial charge in [0.05, 0.1) is 0 Å². The first-order chi connectivity index (χ1) is 10.7. The monoisotopic (exact) mass is 295 g/mol. The van der Waals surface area contributed by atoms with Crippen LogP contribution >= 0.6 is 0 Å². The average molecular weight is 295 g/mol. The minimum atomic E-state index is 0.215. The molecule has 0 atom stereocenters. The second-order valence-corrected chi connectivity index (χ2v) is 6.57. The molecule has 0 saturated heterocycles. The lowest BCUT2D eigenvalue weighted by molar-refractivity contribution is 0.355. The van der Waals surface area contributed by atoms with Crippen LogP contribution in [0.25, 0.3) is 0 Å². The van der Waals surface area contributed by atoms with Gasteiger partial charge in [-0.1, -0.05) is 62.4 Å². The van der Waals surface area contributed by atoms with Gasteiger partial charge >= 0.3 is 0 Å². The van der Waals surface area contributed by atoms with E-state index < -0.39 is 0 Å². The van der Waals surface area contributed by atoms with Gasteiger partial charge in [-0.05, 0) is 24.8 Å². The maximum absolute atomic E-state index is 12.3. The summed E-state index contributed by atoms with van der Waals surface area (Å²) in [7, 11) is 0. The highest BCUT2D eigenvalue weighted by molar-refractivity contribution is 5.23. The molecule has 0 unspecified atom stereocenters. The van der Waals surface area contributed by atoms with Gasteiger partial charge in [0.25, 0.3) is 0 Å². The molecular weight excluding hydrogens is 270 g/mol. The van der Waals surface area contributed by atoms with E-state index in [1.54, 1.807) is 6.07 Å². The predicted octanol–water partition coefficient (Wildman–Crippen LogP) is 4.33. The van der Waals surface area contributed by atoms with Gasteiger partial charge in [0.2, 0.25) is 0 Å². The van der Waals surface area contributed by atoms with Crippen LogP contribution in [0.1, 0.15) is 48.9 Å². The first-order valence-electron chi connectivity index (χ1n) is 8.47. The lowest BCUT2D eigenvalue weighted by Gasteiger charge is -2.23. The van der Waals surface area contributed by atoms with Crippen LogP contribution in [0.4, 0.5) is 0 Å². The van der Waals surface area contributed by atoms with Gasteiger partial charge in [-0.3, -0.25) is 4.79 Å². The fourth-order valence-corrected chi connectivity index (χ4v) is 3.60. The first-order valence-corrected chi connectivity index (χ1v) is 8.47. The fraction of sp³-hybridized carbons (Fsp3) is 0.450. The highest BCUT2D eigenvalue weighted by Crippen LogP contribution is 2.26.